The standard InChI is InChI=1S/C15H30N2/c1-11(2)13-5-4-6-15(10-13)17-8-7-14(16)9-12(17)3/h11-15H,4-10,16H2,1-3H3. The Hall–Kier alpha value is -0.0800. The zero-order valence-electron chi connectivity index (χ0n) is 11.9. The molecule has 0 radical (unpaired) electrons. The lowest BCUT2D eigenvalue weighted by atomic mass is 9.78. The summed E-state index contributed by atoms with van der Waals surface area (Å²) in [5, 5.41) is 0. The summed E-state index contributed by atoms with van der Waals surface area (Å²) in [5.41, 5.74) is 6.07. The highest BCUT2D eigenvalue weighted by molar-refractivity contribution is 4.88. The largest absolute Gasteiger partial charge is 0.328 e. The van der Waals surface area contributed by atoms with Crippen molar-refractivity contribution in [3.8, 4) is 0 Å². The fourth-order valence-corrected chi connectivity index (χ4v) is 3.88. The van der Waals surface area contributed by atoms with Gasteiger partial charge >= 0.3 is 0 Å². The highest BCUT2D eigenvalue weighted by Gasteiger charge is 2.33. The summed E-state index contributed by atoms with van der Waals surface area (Å²) in [4.78, 5) is 2.76. The van der Waals surface area contributed by atoms with Crippen LogP contribution in [0, 0.1) is 11.8 Å². The number of likely N-dealkylation sites (tertiary alicyclic amines) is 1. The highest BCUT2D eigenvalue weighted by Crippen LogP contribution is 2.34. The molecule has 4 atom stereocenters. The van der Waals surface area contributed by atoms with Gasteiger partial charge in [0, 0.05) is 24.7 Å². The molecule has 2 heteroatoms. The first-order valence-electron chi connectivity index (χ1n) is 7.59. The van der Waals surface area contributed by atoms with Crippen LogP contribution in [0.4, 0.5) is 0 Å². The number of rotatable bonds is 2. The Morgan fingerprint density at radius 3 is 2.53 bits per heavy atom. The van der Waals surface area contributed by atoms with Crippen molar-refractivity contribution in [2.75, 3.05) is 6.54 Å². The predicted octanol–water partition coefficient (Wildman–Crippen LogP) is 3.01. The summed E-state index contributed by atoms with van der Waals surface area (Å²) in [5.74, 6) is 1.82. The Bertz CT molecular complexity index is 239. The Labute approximate surface area is 107 Å². The van der Waals surface area contributed by atoms with Crippen LogP contribution in [0.3, 0.4) is 0 Å². The molecule has 2 rings (SSSR count). The van der Waals surface area contributed by atoms with E-state index in [-0.39, 0.29) is 0 Å². The fourth-order valence-electron chi connectivity index (χ4n) is 3.88. The maximum absolute atomic E-state index is 6.07. The average molecular weight is 238 g/mol. The van der Waals surface area contributed by atoms with Gasteiger partial charge in [-0.05, 0) is 44.4 Å². The molecule has 17 heavy (non-hydrogen) atoms. The topological polar surface area (TPSA) is 29.3 Å². The third kappa shape index (κ3) is 3.23. The van der Waals surface area contributed by atoms with Crippen molar-refractivity contribution in [1.82, 2.24) is 4.90 Å². The van der Waals surface area contributed by atoms with E-state index < -0.39 is 0 Å². The minimum atomic E-state index is 0.450. The molecule has 4 unspecified atom stereocenters. The van der Waals surface area contributed by atoms with Gasteiger partial charge in [0.1, 0.15) is 0 Å². The highest BCUT2D eigenvalue weighted by atomic mass is 15.2. The zero-order valence-corrected chi connectivity index (χ0v) is 11.9. The Morgan fingerprint density at radius 1 is 1.12 bits per heavy atom. The maximum Gasteiger partial charge on any atom is 0.0101 e. The number of piperidine rings is 1. The molecule has 1 saturated heterocycles. The van der Waals surface area contributed by atoms with Gasteiger partial charge in [-0.1, -0.05) is 26.7 Å². The molecule has 1 aliphatic heterocycles. The second-order valence-electron chi connectivity index (χ2n) is 6.70. The van der Waals surface area contributed by atoms with Crippen molar-refractivity contribution in [2.24, 2.45) is 17.6 Å². The normalized spacial score (nSPS) is 40.8. The predicted molar refractivity (Wildman–Crippen MR) is 74.0 cm³/mol. The van der Waals surface area contributed by atoms with E-state index in [2.05, 4.69) is 25.7 Å². The molecule has 0 aromatic heterocycles. The number of nitrogens with zero attached hydrogens (tertiary/aromatic N) is 1. The lowest BCUT2D eigenvalue weighted by Gasteiger charge is -2.45. The van der Waals surface area contributed by atoms with Crippen molar-refractivity contribution < 1.29 is 0 Å². The van der Waals surface area contributed by atoms with Crippen molar-refractivity contribution >= 4 is 0 Å². The Balaban J connectivity index is 1.92. The Morgan fingerprint density at radius 2 is 1.88 bits per heavy atom. The van der Waals surface area contributed by atoms with Crippen molar-refractivity contribution in [3.05, 3.63) is 0 Å². The van der Waals surface area contributed by atoms with Crippen LogP contribution in [0.5, 0.6) is 0 Å². The molecule has 0 spiro atoms. The molecule has 1 saturated carbocycles. The van der Waals surface area contributed by atoms with Crippen molar-refractivity contribution in [3.63, 3.8) is 0 Å². The van der Waals surface area contributed by atoms with E-state index in [1.807, 2.05) is 0 Å². The van der Waals surface area contributed by atoms with Crippen LogP contribution >= 0.6 is 0 Å². The van der Waals surface area contributed by atoms with Crippen LogP contribution in [-0.2, 0) is 0 Å². The molecule has 0 aromatic rings. The van der Waals surface area contributed by atoms with Crippen LogP contribution in [0.15, 0.2) is 0 Å². The fraction of sp³-hybridized carbons (Fsp3) is 1.00. The van der Waals surface area contributed by atoms with Gasteiger partial charge < -0.3 is 5.73 Å². The maximum atomic E-state index is 6.07. The first-order valence-corrected chi connectivity index (χ1v) is 7.59. The van der Waals surface area contributed by atoms with Crippen LogP contribution in [-0.4, -0.2) is 29.6 Å². The van der Waals surface area contributed by atoms with Gasteiger partial charge in [0.25, 0.3) is 0 Å². The van der Waals surface area contributed by atoms with E-state index in [1.165, 1.54) is 45.1 Å². The van der Waals surface area contributed by atoms with Gasteiger partial charge in [0.2, 0.25) is 0 Å². The third-order valence-electron chi connectivity index (χ3n) is 5.07. The summed E-state index contributed by atoms with van der Waals surface area (Å²) in [6, 6.07) is 2.00. The van der Waals surface area contributed by atoms with E-state index in [0.29, 0.717) is 12.1 Å². The minimum Gasteiger partial charge on any atom is -0.328 e. The molecule has 2 N–H and O–H groups in total. The number of hydrogen-bond acceptors (Lipinski definition) is 2. The Kier molecular flexibility index (Phi) is 4.48. The summed E-state index contributed by atoms with van der Waals surface area (Å²) in [7, 11) is 0. The zero-order chi connectivity index (χ0) is 12.4. The lowest BCUT2D eigenvalue weighted by molar-refractivity contribution is 0.0523. The molecule has 2 nitrogen and oxygen atoms in total. The SMILES string of the molecule is CC(C)C1CCCC(N2CCC(N)CC2C)C1. The van der Waals surface area contributed by atoms with Crippen LogP contribution in [0.25, 0.3) is 0 Å². The van der Waals surface area contributed by atoms with Crippen molar-refractivity contribution in [1.29, 1.82) is 0 Å². The van der Waals surface area contributed by atoms with E-state index in [4.69, 9.17) is 5.73 Å². The van der Waals surface area contributed by atoms with Gasteiger partial charge in [-0.15, -0.1) is 0 Å². The minimum absolute atomic E-state index is 0.450. The van der Waals surface area contributed by atoms with E-state index in [9.17, 15) is 0 Å². The lowest BCUT2D eigenvalue weighted by Crippen LogP contribution is -2.51. The smallest absolute Gasteiger partial charge is 0.0101 e. The molecule has 0 amide bonds. The van der Waals surface area contributed by atoms with Crippen LogP contribution < -0.4 is 5.73 Å². The van der Waals surface area contributed by atoms with E-state index in [1.54, 1.807) is 0 Å². The van der Waals surface area contributed by atoms with Gasteiger partial charge in [0.15, 0.2) is 0 Å². The summed E-state index contributed by atoms with van der Waals surface area (Å²) in [6.07, 6.45) is 8.13. The van der Waals surface area contributed by atoms with Gasteiger partial charge in [-0.25, -0.2) is 0 Å². The first-order chi connectivity index (χ1) is 8.08. The molecular weight excluding hydrogens is 208 g/mol. The van der Waals surface area contributed by atoms with Crippen LogP contribution in [0.2, 0.25) is 0 Å². The summed E-state index contributed by atoms with van der Waals surface area (Å²) in [6.45, 7) is 8.39. The van der Waals surface area contributed by atoms with Crippen molar-refractivity contribution in [2.45, 2.75) is 77.4 Å². The molecule has 0 aromatic carbocycles. The molecule has 2 fully saturated rings. The monoisotopic (exact) mass is 238 g/mol. The van der Waals surface area contributed by atoms with Crippen LogP contribution in [0.1, 0.15) is 59.3 Å². The molecule has 2 aliphatic rings. The molecule has 100 valence electrons. The second-order valence-corrected chi connectivity index (χ2v) is 6.70. The second kappa shape index (κ2) is 5.71. The molecular formula is C15H30N2. The van der Waals surface area contributed by atoms with E-state index in [0.717, 1.165) is 17.9 Å². The van der Waals surface area contributed by atoms with E-state index >= 15 is 0 Å². The average Bonchev–Trinajstić information content (AvgIpc) is 2.29. The quantitative estimate of drug-likeness (QED) is 0.801. The first kappa shape index (κ1) is 13.4. The third-order valence-corrected chi connectivity index (χ3v) is 5.07. The van der Waals surface area contributed by atoms with Gasteiger partial charge in [0.05, 0.1) is 0 Å². The molecule has 1 aliphatic carbocycles. The number of hydrogen-bond donors (Lipinski definition) is 1. The number of nitrogens with two attached hydrogens (primary N) is 1. The van der Waals surface area contributed by atoms with Gasteiger partial charge in [-0.3, -0.25) is 4.90 Å². The molecule has 1 heterocycles. The summed E-state index contributed by atoms with van der Waals surface area (Å²) >= 11 is 0. The molecule has 0 bridgehead atoms. The summed E-state index contributed by atoms with van der Waals surface area (Å²) < 4.78 is 0. The van der Waals surface area contributed by atoms with Gasteiger partial charge in [-0.2, -0.15) is 0 Å².